The standard InChI is InChI=1S/C22H22F2N4O2S2.C2H6/c1-14-18-17(30-10-6-9-29-2)11-16(31-13-15-7-4-3-5-8-15)12-28(18)20(25-14)22-27-26-21(32-22)19(23)24;1-2/h3-5,7-8,11-12,19H,6,9-10,13H2,1-2H3;1-2H3. The smallest absolute Gasteiger partial charge is 0.291 e. The molecule has 4 rings (SSSR count). The van der Waals surface area contributed by atoms with Gasteiger partial charge in [-0.15, -0.1) is 22.0 Å². The van der Waals surface area contributed by atoms with Crippen molar-refractivity contribution in [2.75, 3.05) is 20.3 Å². The number of pyridine rings is 1. The molecule has 0 aliphatic heterocycles. The van der Waals surface area contributed by atoms with Crippen LogP contribution >= 0.6 is 23.1 Å². The van der Waals surface area contributed by atoms with Gasteiger partial charge in [-0.1, -0.05) is 55.5 Å². The first-order valence-corrected chi connectivity index (χ1v) is 12.8. The van der Waals surface area contributed by atoms with E-state index in [1.165, 1.54) is 5.56 Å². The number of thioether (sulfide) groups is 1. The number of halogens is 2. The van der Waals surface area contributed by atoms with Crippen LogP contribution in [0.4, 0.5) is 8.78 Å². The normalized spacial score (nSPS) is 11.0. The topological polar surface area (TPSA) is 61.5 Å². The second kappa shape index (κ2) is 12.8. The molecule has 10 heteroatoms. The number of fused-ring (bicyclic) bond motifs is 1. The molecule has 0 aliphatic carbocycles. The molecule has 0 bridgehead atoms. The predicted molar refractivity (Wildman–Crippen MR) is 133 cm³/mol. The number of rotatable bonds is 10. The van der Waals surface area contributed by atoms with Gasteiger partial charge in [-0.3, -0.25) is 4.40 Å². The fourth-order valence-corrected chi connectivity index (χ4v) is 4.79. The van der Waals surface area contributed by atoms with Gasteiger partial charge in [0.2, 0.25) is 0 Å². The molecule has 1 aromatic carbocycles. The minimum absolute atomic E-state index is 0.319. The van der Waals surface area contributed by atoms with Crippen LogP contribution < -0.4 is 4.74 Å². The summed E-state index contributed by atoms with van der Waals surface area (Å²) in [5.41, 5.74) is 2.72. The van der Waals surface area contributed by atoms with Crippen molar-refractivity contribution in [2.45, 2.75) is 44.3 Å². The minimum Gasteiger partial charge on any atom is -0.491 e. The summed E-state index contributed by atoms with van der Waals surface area (Å²) in [6.45, 7) is 6.96. The van der Waals surface area contributed by atoms with E-state index in [2.05, 4.69) is 27.3 Å². The van der Waals surface area contributed by atoms with E-state index in [9.17, 15) is 8.78 Å². The molecule has 182 valence electrons. The van der Waals surface area contributed by atoms with Gasteiger partial charge in [-0.25, -0.2) is 13.8 Å². The molecular formula is C24H28F2N4O2S2. The maximum Gasteiger partial charge on any atom is 0.291 e. The van der Waals surface area contributed by atoms with E-state index in [0.29, 0.717) is 29.8 Å². The molecule has 3 aromatic heterocycles. The average molecular weight is 507 g/mol. The van der Waals surface area contributed by atoms with E-state index in [0.717, 1.165) is 39.6 Å². The maximum atomic E-state index is 13.1. The van der Waals surface area contributed by atoms with E-state index >= 15 is 0 Å². The van der Waals surface area contributed by atoms with Crippen LogP contribution in [0.15, 0.2) is 47.5 Å². The van der Waals surface area contributed by atoms with Gasteiger partial charge >= 0.3 is 0 Å². The summed E-state index contributed by atoms with van der Waals surface area (Å²) in [7, 11) is 1.65. The van der Waals surface area contributed by atoms with Gasteiger partial charge in [0.15, 0.2) is 15.8 Å². The Morgan fingerprint density at radius 3 is 2.56 bits per heavy atom. The SMILES string of the molecule is CC.COCCCOc1cc(SCc2ccccc2)cn2c(-c3nnc(C(F)F)s3)nc(C)c12. The Morgan fingerprint density at radius 2 is 1.88 bits per heavy atom. The lowest BCUT2D eigenvalue weighted by atomic mass is 10.2. The Hall–Kier alpha value is -2.56. The number of nitrogens with zero attached hydrogens (tertiary/aromatic N) is 4. The summed E-state index contributed by atoms with van der Waals surface area (Å²) >= 11 is 2.51. The van der Waals surface area contributed by atoms with Crippen molar-refractivity contribution >= 4 is 28.6 Å². The highest BCUT2D eigenvalue weighted by atomic mass is 32.2. The predicted octanol–water partition coefficient (Wildman–Crippen LogP) is 6.83. The number of ether oxygens (including phenoxy) is 2. The van der Waals surface area contributed by atoms with E-state index in [4.69, 9.17) is 9.47 Å². The zero-order chi connectivity index (χ0) is 24.5. The molecule has 34 heavy (non-hydrogen) atoms. The molecule has 0 fully saturated rings. The quantitative estimate of drug-likeness (QED) is 0.173. The third-order valence-corrected chi connectivity index (χ3v) is 6.63. The average Bonchev–Trinajstić information content (AvgIpc) is 3.48. The minimum atomic E-state index is -2.66. The molecule has 0 amide bonds. The molecule has 0 aliphatic rings. The van der Waals surface area contributed by atoms with Crippen LogP contribution in [0.2, 0.25) is 0 Å². The van der Waals surface area contributed by atoms with Gasteiger partial charge in [0.05, 0.1) is 12.3 Å². The number of aromatic nitrogens is 4. The van der Waals surface area contributed by atoms with Crippen molar-refractivity contribution in [1.82, 2.24) is 19.6 Å². The molecule has 0 spiro atoms. The Balaban J connectivity index is 0.00000158. The molecular weight excluding hydrogens is 478 g/mol. The van der Waals surface area contributed by atoms with Crippen molar-refractivity contribution in [2.24, 2.45) is 0 Å². The summed E-state index contributed by atoms with van der Waals surface area (Å²) in [6.07, 6.45) is 0.0346. The number of alkyl halides is 2. The lowest BCUT2D eigenvalue weighted by molar-refractivity contribution is 0.150. The Morgan fingerprint density at radius 1 is 1.12 bits per heavy atom. The molecule has 4 aromatic rings. The van der Waals surface area contributed by atoms with Gasteiger partial charge in [-0.2, -0.15) is 0 Å². The van der Waals surface area contributed by atoms with Crippen LogP contribution in [0.1, 0.15) is 43.0 Å². The highest BCUT2D eigenvalue weighted by Gasteiger charge is 2.21. The van der Waals surface area contributed by atoms with Crippen LogP contribution in [-0.2, 0) is 10.5 Å². The molecule has 6 nitrogen and oxygen atoms in total. The largest absolute Gasteiger partial charge is 0.491 e. The molecule has 0 N–H and O–H groups in total. The lowest BCUT2D eigenvalue weighted by Crippen LogP contribution is -2.03. The van der Waals surface area contributed by atoms with E-state index < -0.39 is 6.43 Å². The maximum absolute atomic E-state index is 13.1. The van der Waals surface area contributed by atoms with Gasteiger partial charge < -0.3 is 9.47 Å². The monoisotopic (exact) mass is 506 g/mol. The Kier molecular flexibility index (Phi) is 9.79. The van der Waals surface area contributed by atoms with Gasteiger partial charge in [-0.05, 0) is 18.6 Å². The first kappa shape index (κ1) is 26.1. The van der Waals surface area contributed by atoms with Crippen molar-refractivity contribution < 1.29 is 18.3 Å². The fraction of sp³-hybridized carbons (Fsp3) is 0.375. The number of hydrogen-bond donors (Lipinski definition) is 0. The van der Waals surface area contributed by atoms with Crippen LogP contribution in [0.5, 0.6) is 5.75 Å². The summed E-state index contributed by atoms with van der Waals surface area (Å²) in [5, 5.41) is 7.59. The first-order chi connectivity index (χ1) is 16.6. The number of benzene rings is 1. The summed E-state index contributed by atoms with van der Waals surface area (Å²) in [4.78, 5) is 5.58. The second-order valence-electron chi connectivity index (χ2n) is 6.99. The highest BCUT2D eigenvalue weighted by Crippen LogP contribution is 2.36. The number of methoxy groups -OCH3 is 1. The van der Waals surface area contributed by atoms with Gasteiger partial charge in [0.1, 0.15) is 11.3 Å². The lowest BCUT2D eigenvalue weighted by Gasteiger charge is -2.12. The third-order valence-electron chi connectivity index (χ3n) is 4.67. The second-order valence-corrected chi connectivity index (χ2v) is 9.05. The molecule has 0 saturated carbocycles. The number of aryl methyl sites for hydroxylation is 1. The molecule has 0 radical (unpaired) electrons. The van der Waals surface area contributed by atoms with Crippen LogP contribution in [0.3, 0.4) is 0 Å². The van der Waals surface area contributed by atoms with E-state index in [1.807, 2.05) is 55.6 Å². The Bertz CT molecular complexity index is 1180. The van der Waals surface area contributed by atoms with Crippen molar-refractivity contribution in [3.8, 4) is 16.6 Å². The van der Waals surface area contributed by atoms with Gasteiger partial charge in [0.25, 0.3) is 6.43 Å². The molecule has 0 unspecified atom stereocenters. The van der Waals surface area contributed by atoms with Crippen LogP contribution in [0, 0.1) is 6.92 Å². The molecule has 3 heterocycles. The van der Waals surface area contributed by atoms with E-state index in [-0.39, 0.29) is 5.01 Å². The van der Waals surface area contributed by atoms with Crippen LogP contribution in [0.25, 0.3) is 16.3 Å². The third kappa shape index (κ3) is 6.31. The Labute approximate surface area is 206 Å². The van der Waals surface area contributed by atoms with Crippen molar-refractivity contribution in [3.63, 3.8) is 0 Å². The first-order valence-electron chi connectivity index (χ1n) is 11.0. The fourth-order valence-electron chi connectivity index (χ4n) is 3.21. The summed E-state index contributed by atoms with van der Waals surface area (Å²) in [5.74, 6) is 1.95. The van der Waals surface area contributed by atoms with Crippen LogP contribution in [-0.4, -0.2) is 39.9 Å². The zero-order valence-corrected chi connectivity index (χ0v) is 21.3. The zero-order valence-electron chi connectivity index (χ0n) is 19.6. The number of imidazole rings is 1. The van der Waals surface area contributed by atoms with Crippen molar-refractivity contribution in [1.29, 1.82) is 0 Å². The summed E-state index contributed by atoms with van der Waals surface area (Å²) < 4.78 is 39.2. The van der Waals surface area contributed by atoms with Gasteiger partial charge in [0, 0.05) is 37.0 Å². The molecule has 0 atom stereocenters. The summed E-state index contributed by atoms with van der Waals surface area (Å²) in [6, 6.07) is 12.2. The highest BCUT2D eigenvalue weighted by molar-refractivity contribution is 7.98. The molecule has 0 saturated heterocycles. The van der Waals surface area contributed by atoms with E-state index in [1.54, 1.807) is 18.9 Å². The van der Waals surface area contributed by atoms with Crippen molar-refractivity contribution in [3.05, 3.63) is 58.9 Å². The number of hydrogen-bond acceptors (Lipinski definition) is 7.